The highest BCUT2D eigenvalue weighted by molar-refractivity contribution is 5.40. The smallest absolute Gasteiger partial charge is 0.134 e. The first kappa shape index (κ1) is 10.5. The van der Waals surface area contributed by atoms with Crippen LogP contribution < -0.4 is 4.74 Å². The molecule has 0 radical (unpaired) electrons. The van der Waals surface area contributed by atoms with Crippen molar-refractivity contribution in [1.29, 1.82) is 5.26 Å². The third kappa shape index (κ3) is 1.82. The maximum Gasteiger partial charge on any atom is 0.134 e. The lowest BCUT2D eigenvalue weighted by Gasteiger charge is -2.10. The zero-order valence-corrected chi connectivity index (χ0v) is 7.84. The van der Waals surface area contributed by atoms with Crippen LogP contribution in [0.15, 0.2) is 12.1 Å². The van der Waals surface area contributed by atoms with E-state index >= 15 is 0 Å². The summed E-state index contributed by atoms with van der Waals surface area (Å²) in [5.41, 5.74) is 0.0939. The van der Waals surface area contributed by atoms with E-state index in [0.717, 1.165) is 12.1 Å². The van der Waals surface area contributed by atoms with Gasteiger partial charge in [-0.25, -0.2) is 8.78 Å². The Balaban J connectivity index is 3.34. The minimum Gasteiger partial charge on any atom is -0.496 e. The molecule has 1 aromatic rings. The SMILES string of the molecule is COc1cc(F)cc(F)c1C(C)C#N. The van der Waals surface area contributed by atoms with Gasteiger partial charge in [-0.05, 0) is 6.92 Å². The average molecular weight is 197 g/mol. The summed E-state index contributed by atoms with van der Waals surface area (Å²) in [7, 11) is 1.31. The Morgan fingerprint density at radius 3 is 2.57 bits per heavy atom. The first-order valence-corrected chi connectivity index (χ1v) is 4.02. The van der Waals surface area contributed by atoms with E-state index in [2.05, 4.69) is 0 Å². The van der Waals surface area contributed by atoms with Gasteiger partial charge in [0, 0.05) is 17.7 Å². The molecule has 14 heavy (non-hydrogen) atoms. The lowest BCUT2D eigenvalue weighted by Crippen LogP contribution is -2.00. The third-order valence-electron chi connectivity index (χ3n) is 1.90. The number of hydrogen-bond donors (Lipinski definition) is 0. The van der Waals surface area contributed by atoms with Gasteiger partial charge in [0.2, 0.25) is 0 Å². The highest BCUT2D eigenvalue weighted by Crippen LogP contribution is 2.29. The molecule has 0 aromatic heterocycles. The van der Waals surface area contributed by atoms with E-state index in [-0.39, 0.29) is 11.3 Å². The monoisotopic (exact) mass is 197 g/mol. The van der Waals surface area contributed by atoms with Gasteiger partial charge in [0.1, 0.15) is 17.4 Å². The second-order valence-electron chi connectivity index (χ2n) is 2.85. The van der Waals surface area contributed by atoms with Crippen molar-refractivity contribution in [3.8, 4) is 11.8 Å². The molecule has 74 valence electrons. The first-order valence-electron chi connectivity index (χ1n) is 4.02. The van der Waals surface area contributed by atoms with Crippen molar-refractivity contribution in [2.24, 2.45) is 0 Å². The highest BCUT2D eigenvalue weighted by Gasteiger charge is 2.17. The maximum atomic E-state index is 13.3. The zero-order chi connectivity index (χ0) is 10.7. The van der Waals surface area contributed by atoms with Crippen molar-refractivity contribution in [2.75, 3.05) is 7.11 Å². The van der Waals surface area contributed by atoms with Crippen LogP contribution in [0.1, 0.15) is 18.4 Å². The number of nitriles is 1. The van der Waals surface area contributed by atoms with Gasteiger partial charge in [0.25, 0.3) is 0 Å². The second-order valence-corrected chi connectivity index (χ2v) is 2.85. The predicted octanol–water partition coefficient (Wildman–Crippen LogP) is 2.60. The van der Waals surface area contributed by atoms with Crippen LogP contribution in [-0.4, -0.2) is 7.11 Å². The zero-order valence-electron chi connectivity index (χ0n) is 7.84. The Morgan fingerprint density at radius 1 is 1.43 bits per heavy atom. The summed E-state index contributed by atoms with van der Waals surface area (Å²) < 4.78 is 30.8. The van der Waals surface area contributed by atoms with Crippen LogP contribution >= 0.6 is 0 Å². The number of hydrogen-bond acceptors (Lipinski definition) is 2. The molecule has 4 heteroatoms. The Bertz CT molecular complexity index is 384. The quantitative estimate of drug-likeness (QED) is 0.730. The molecule has 0 spiro atoms. The van der Waals surface area contributed by atoms with Crippen LogP contribution in [0.3, 0.4) is 0 Å². The molecule has 0 saturated heterocycles. The fourth-order valence-corrected chi connectivity index (χ4v) is 1.21. The normalized spacial score (nSPS) is 11.9. The third-order valence-corrected chi connectivity index (χ3v) is 1.90. The number of methoxy groups -OCH3 is 1. The van der Waals surface area contributed by atoms with Crippen LogP contribution in [0, 0.1) is 23.0 Å². The van der Waals surface area contributed by atoms with Crippen LogP contribution in [0.2, 0.25) is 0 Å². The van der Waals surface area contributed by atoms with Gasteiger partial charge in [-0.2, -0.15) is 5.26 Å². The number of rotatable bonds is 2. The predicted molar refractivity (Wildman–Crippen MR) is 46.9 cm³/mol. The van der Waals surface area contributed by atoms with Gasteiger partial charge in [-0.1, -0.05) is 0 Å². The summed E-state index contributed by atoms with van der Waals surface area (Å²) in [6.45, 7) is 1.53. The molecule has 0 heterocycles. The van der Waals surface area contributed by atoms with Crippen molar-refractivity contribution in [1.82, 2.24) is 0 Å². The van der Waals surface area contributed by atoms with Crippen molar-refractivity contribution >= 4 is 0 Å². The molecular weight excluding hydrogens is 188 g/mol. The van der Waals surface area contributed by atoms with E-state index in [0.29, 0.717) is 0 Å². The molecule has 0 N–H and O–H groups in total. The molecule has 0 aliphatic rings. The molecule has 0 amide bonds. The Hall–Kier alpha value is -1.63. The van der Waals surface area contributed by atoms with E-state index in [9.17, 15) is 8.78 Å². The summed E-state index contributed by atoms with van der Waals surface area (Å²) in [5, 5.41) is 8.64. The lowest BCUT2D eigenvalue weighted by atomic mass is 10.0. The standard InChI is InChI=1S/C10H9F2NO/c1-6(5-13)10-8(12)3-7(11)4-9(10)14-2/h3-4,6H,1-2H3. The topological polar surface area (TPSA) is 33.0 Å². The van der Waals surface area contributed by atoms with Gasteiger partial charge in [0.05, 0.1) is 19.1 Å². The summed E-state index contributed by atoms with van der Waals surface area (Å²) in [6.07, 6.45) is 0. The van der Waals surface area contributed by atoms with Gasteiger partial charge < -0.3 is 4.74 Å². The first-order chi connectivity index (χ1) is 6.60. The van der Waals surface area contributed by atoms with Crippen LogP contribution in [0.4, 0.5) is 8.78 Å². The fourth-order valence-electron chi connectivity index (χ4n) is 1.21. The van der Waals surface area contributed by atoms with E-state index in [1.165, 1.54) is 14.0 Å². The van der Waals surface area contributed by atoms with Crippen molar-refractivity contribution in [3.05, 3.63) is 29.3 Å². The van der Waals surface area contributed by atoms with Gasteiger partial charge >= 0.3 is 0 Å². The Morgan fingerprint density at radius 2 is 2.07 bits per heavy atom. The second kappa shape index (κ2) is 4.05. The minimum absolute atomic E-state index is 0.0663. The molecular formula is C10H9F2NO. The molecule has 1 atom stereocenters. The average Bonchev–Trinajstić information content (AvgIpc) is 2.15. The molecule has 1 rings (SSSR count). The lowest BCUT2D eigenvalue weighted by molar-refractivity contribution is 0.398. The minimum atomic E-state index is -0.754. The molecule has 1 unspecified atom stereocenters. The van der Waals surface area contributed by atoms with E-state index in [1.54, 1.807) is 0 Å². The van der Waals surface area contributed by atoms with E-state index in [4.69, 9.17) is 10.00 Å². The number of nitrogens with zero attached hydrogens (tertiary/aromatic N) is 1. The van der Waals surface area contributed by atoms with Gasteiger partial charge in [0.15, 0.2) is 0 Å². The van der Waals surface area contributed by atoms with Gasteiger partial charge in [-0.15, -0.1) is 0 Å². The molecule has 0 fully saturated rings. The molecule has 0 aliphatic heterocycles. The van der Waals surface area contributed by atoms with E-state index in [1.807, 2.05) is 6.07 Å². The molecule has 2 nitrogen and oxygen atoms in total. The van der Waals surface area contributed by atoms with Crippen molar-refractivity contribution in [2.45, 2.75) is 12.8 Å². The highest BCUT2D eigenvalue weighted by atomic mass is 19.1. The number of halogens is 2. The molecule has 0 bridgehead atoms. The largest absolute Gasteiger partial charge is 0.496 e. The molecule has 0 aliphatic carbocycles. The van der Waals surface area contributed by atoms with E-state index < -0.39 is 17.6 Å². The van der Waals surface area contributed by atoms with Crippen LogP contribution in [-0.2, 0) is 0 Å². The van der Waals surface area contributed by atoms with Crippen molar-refractivity contribution in [3.63, 3.8) is 0 Å². The number of ether oxygens (including phenoxy) is 1. The molecule has 0 saturated carbocycles. The maximum absolute atomic E-state index is 13.3. The summed E-state index contributed by atoms with van der Waals surface area (Å²) >= 11 is 0. The van der Waals surface area contributed by atoms with Gasteiger partial charge in [-0.3, -0.25) is 0 Å². The number of benzene rings is 1. The van der Waals surface area contributed by atoms with Crippen LogP contribution in [0.25, 0.3) is 0 Å². The Labute approximate surface area is 80.7 Å². The summed E-state index contributed by atoms with van der Waals surface area (Å²) in [6, 6.07) is 3.68. The summed E-state index contributed by atoms with van der Waals surface area (Å²) in [5.74, 6) is -2.06. The molecule has 1 aromatic carbocycles. The van der Waals surface area contributed by atoms with Crippen molar-refractivity contribution < 1.29 is 13.5 Å². The fraction of sp³-hybridized carbons (Fsp3) is 0.300. The Kier molecular flexibility index (Phi) is 3.03. The van der Waals surface area contributed by atoms with Crippen LogP contribution in [0.5, 0.6) is 5.75 Å². The summed E-state index contributed by atoms with van der Waals surface area (Å²) in [4.78, 5) is 0.